The van der Waals surface area contributed by atoms with Crippen molar-refractivity contribution in [3.63, 3.8) is 0 Å². The van der Waals surface area contributed by atoms with Crippen LogP contribution in [-0.4, -0.2) is 22.9 Å². The molecule has 108 valence electrons. The molecule has 1 saturated heterocycles. The number of benzene rings is 2. The van der Waals surface area contributed by atoms with Gasteiger partial charge in [-0.15, -0.1) is 11.6 Å². The molecule has 0 amide bonds. The predicted molar refractivity (Wildman–Crippen MR) is 87.6 cm³/mol. The molecule has 2 aliphatic rings. The van der Waals surface area contributed by atoms with Crippen LogP contribution in [0.5, 0.6) is 0 Å². The second-order valence-corrected chi connectivity index (χ2v) is 7.19. The van der Waals surface area contributed by atoms with Gasteiger partial charge in [0.2, 0.25) is 0 Å². The van der Waals surface area contributed by atoms with Gasteiger partial charge in [-0.05, 0) is 29.9 Å². The van der Waals surface area contributed by atoms with Crippen LogP contribution in [0.25, 0.3) is 0 Å². The summed E-state index contributed by atoms with van der Waals surface area (Å²) in [5.74, 6) is 0.752. The van der Waals surface area contributed by atoms with E-state index >= 15 is 0 Å². The molecule has 21 heavy (non-hydrogen) atoms. The third-order valence-electron chi connectivity index (χ3n) is 4.84. The molecule has 4 rings (SSSR count). The van der Waals surface area contributed by atoms with E-state index in [1.54, 1.807) is 0 Å². The Balaban J connectivity index is 1.62. The van der Waals surface area contributed by atoms with Crippen LogP contribution in [0.2, 0.25) is 0 Å². The lowest BCUT2D eigenvalue weighted by atomic mass is 9.87. The molecule has 0 aromatic heterocycles. The Morgan fingerprint density at radius 2 is 1.33 bits per heavy atom. The van der Waals surface area contributed by atoms with Gasteiger partial charge >= 0.3 is 0 Å². The number of nitrogens with zero attached hydrogens (tertiary/aromatic N) is 1. The Labute approximate surface area is 131 Å². The number of likely N-dealkylation sites (tertiary alicyclic amines) is 1. The fraction of sp³-hybridized carbons (Fsp3) is 0.368. The van der Waals surface area contributed by atoms with Crippen molar-refractivity contribution in [3.8, 4) is 0 Å². The van der Waals surface area contributed by atoms with Crippen molar-refractivity contribution in [2.75, 3.05) is 13.1 Å². The smallest absolute Gasteiger partial charge is 0.0728 e. The lowest BCUT2D eigenvalue weighted by Gasteiger charge is -2.50. The summed E-state index contributed by atoms with van der Waals surface area (Å²) in [5.41, 5.74) is 2.72. The van der Waals surface area contributed by atoms with Gasteiger partial charge in [-0.2, -0.15) is 0 Å². The van der Waals surface area contributed by atoms with E-state index in [1.807, 2.05) is 0 Å². The van der Waals surface area contributed by atoms with Gasteiger partial charge in [-0.25, -0.2) is 0 Å². The van der Waals surface area contributed by atoms with Crippen molar-refractivity contribution in [2.45, 2.75) is 23.8 Å². The summed E-state index contributed by atoms with van der Waals surface area (Å²) < 4.78 is 0. The lowest BCUT2D eigenvalue weighted by Crippen LogP contribution is -2.60. The molecule has 1 aliphatic heterocycles. The molecule has 2 aromatic carbocycles. The van der Waals surface area contributed by atoms with E-state index in [2.05, 4.69) is 65.6 Å². The molecular weight excluding hydrogens is 278 g/mol. The summed E-state index contributed by atoms with van der Waals surface area (Å²) in [6.07, 6.45) is 2.64. The average Bonchev–Trinajstić information content (AvgIpc) is 3.33. The Hall–Kier alpha value is -1.31. The minimum atomic E-state index is 0.0435. The van der Waals surface area contributed by atoms with Crippen molar-refractivity contribution in [2.24, 2.45) is 5.92 Å². The highest BCUT2D eigenvalue weighted by Crippen LogP contribution is 2.51. The van der Waals surface area contributed by atoms with Crippen molar-refractivity contribution in [1.82, 2.24) is 4.90 Å². The lowest BCUT2D eigenvalue weighted by molar-refractivity contribution is 0.0756. The molecule has 1 aliphatic carbocycles. The van der Waals surface area contributed by atoms with Crippen LogP contribution in [0.3, 0.4) is 0 Å². The third-order valence-corrected chi connectivity index (χ3v) is 5.38. The standard InChI is InChI=1S/C19H20ClN/c20-19(17-11-12-17)13-21(14-19)18(15-7-3-1-4-8-15)16-9-5-2-6-10-16/h1-10,17-18H,11-14H2. The monoisotopic (exact) mass is 297 g/mol. The second kappa shape index (κ2) is 5.15. The zero-order chi connectivity index (χ0) is 14.3. The highest BCUT2D eigenvalue weighted by molar-refractivity contribution is 6.25. The SMILES string of the molecule is ClC1(C2CC2)CN(C(c2ccccc2)c2ccccc2)C1. The summed E-state index contributed by atoms with van der Waals surface area (Å²) in [7, 11) is 0. The first-order chi connectivity index (χ1) is 10.3. The van der Waals surface area contributed by atoms with E-state index in [0.717, 1.165) is 19.0 Å². The van der Waals surface area contributed by atoms with Gasteiger partial charge in [0, 0.05) is 13.1 Å². The van der Waals surface area contributed by atoms with Gasteiger partial charge in [-0.3, -0.25) is 4.90 Å². The highest BCUT2D eigenvalue weighted by atomic mass is 35.5. The third kappa shape index (κ3) is 2.49. The van der Waals surface area contributed by atoms with Crippen LogP contribution in [0.15, 0.2) is 60.7 Å². The van der Waals surface area contributed by atoms with E-state index in [0.29, 0.717) is 6.04 Å². The fourth-order valence-corrected chi connectivity index (χ4v) is 4.08. The minimum absolute atomic E-state index is 0.0435. The molecule has 1 nitrogen and oxygen atoms in total. The number of rotatable bonds is 4. The topological polar surface area (TPSA) is 3.24 Å². The average molecular weight is 298 g/mol. The van der Waals surface area contributed by atoms with E-state index in [9.17, 15) is 0 Å². The van der Waals surface area contributed by atoms with Gasteiger partial charge in [0.05, 0.1) is 10.9 Å². The van der Waals surface area contributed by atoms with Crippen LogP contribution >= 0.6 is 11.6 Å². The molecule has 2 heteroatoms. The molecule has 0 bridgehead atoms. The van der Waals surface area contributed by atoms with E-state index in [4.69, 9.17) is 11.6 Å². The Morgan fingerprint density at radius 3 is 1.76 bits per heavy atom. The molecule has 0 unspecified atom stereocenters. The first kappa shape index (κ1) is 13.4. The van der Waals surface area contributed by atoms with Crippen LogP contribution < -0.4 is 0 Å². The molecule has 0 spiro atoms. The quantitative estimate of drug-likeness (QED) is 0.752. The fourth-order valence-electron chi connectivity index (χ4n) is 3.56. The van der Waals surface area contributed by atoms with Crippen LogP contribution in [0, 0.1) is 5.92 Å². The summed E-state index contributed by atoms with van der Waals surface area (Å²) in [5, 5.41) is 0. The maximum Gasteiger partial charge on any atom is 0.0728 e. The Morgan fingerprint density at radius 1 is 0.857 bits per heavy atom. The zero-order valence-corrected chi connectivity index (χ0v) is 12.8. The van der Waals surface area contributed by atoms with E-state index < -0.39 is 0 Å². The zero-order valence-electron chi connectivity index (χ0n) is 12.1. The Kier molecular flexibility index (Phi) is 3.28. The summed E-state index contributed by atoms with van der Waals surface area (Å²) in [6, 6.07) is 21.9. The van der Waals surface area contributed by atoms with Crippen molar-refractivity contribution in [1.29, 1.82) is 0 Å². The number of hydrogen-bond acceptors (Lipinski definition) is 1. The van der Waals surface area contributed by atoms with Gasteiger partial charge in [-0.1, -0.05) is 60.7 Å². The molecule has 2 fully saturated rings. The predicted octanol–water partition coefficient (Wildman–Crippen LogP) is 4.48. The summed E-state index contributed by atoms with van der Waals surface area (Å²) in [4.78, 5) is 2.57. The molecule has 1 saturated carbocycles. The number of alkyl halides is 1. The molecule has 0 atom stereocenters. The number of halogens is 1. The normalized spacial score (nSPS) is 21.2. The van der Waals surface area contributed by atoms with Crippen molar-refractivity contribution in [3.05, 3.63) is 71.8 Å². The second-order valence-electron chi connectivity index (χ2n) is 6.44. The van der Waals surface area contributed by atoms with Crippen LogP contribution in [0.1, 0.15) is 30.0 Å². The molecule has 1 heterocycles. The van der Waals surface area contributed by atoms with Crippen molar-refractivity contribution >= 4 is 11.6 Å². The summed E-state index contributed by atoms with van der Waals surface area (Å²) in [6.45, 7) is 2.02. The summed E-state index contributed by atoms with van der Waals surface area (Å²) >= 11 is 6.78. The number of hydrogen-bond donors (Lipinski definition) is 0. The maximum atomic E-state index is 6.78. The largest absolute Gasteiger partial charge is 0.289 e. The van der Waals surface area contributed by atoms with E-state index in [-0.39, 0.29) is 4.87 Å². The van der Waals surface area contributed by atoms with Crippen LogP contribution in [0.4, 0.5) is 0 Å². The van der Waals surface area contributed by atoms with Gasteiger partial charge in [0.15, 0.2) is 0 Å². The minimum Gasteiger partial charge on any atom is -0.289 e. The molecule has 0 radical (unpaired) electrons. The van der Waals surface area contributed by atoms with Gasteiger partial charge < -0.3 is 0 Å². The van der Waals surface area contributed by atoms with Crippen molar-refractivity contribution < 1.29 is 0 Å². The Bertz CT molecular complexity index is 560. The van der Waals surface area contributed by atoms with Gasteiger partial charge in [0.1, 0.15) is 0 Å². The highest BCUT2D eigenvalue weighted by Gasteiger charge is 2.53. The first-order valence-electron chi connectivity index (χ1n) is 7.79. The molecular formula is C19H20ClN. The van der Waals surface area contributed by atoms with Gasteiger partial charge in [0.25, 0.3) is 0 Å². The first-order valence-corrected chi connectivity index (χ1v) is 8.17. The molecule has 2 aromatic rings. The van der Waals surface area contributed by atoms with Crippen LogP contribution in [-0.2, 0) is 0 Å². The van der Waals surface area contributed by atoms with E-state index in [1.165, 1.54) is 24.0 Å². The maximum absolute atomic E-state index is 6.78. The molecule has 0 N–H and O–H groups in total.